The standard InChI is InChI=1S/C34H32ClN3O4/c1-21-19-31(28(35)20-24(21)11-9-23-10-14-26(34(40)41)22(2)18-23)42-32-27(6-5-15-36-32)33(39)38-17-16-37(25-12-13-25)29-7-3-4-8-30(29)38/h3-8,10,14-15,18-20,25H,9,11-13,16-17H2,1-2H3,(H,40,41). The van der Waals surface area contributed by atoms with Gasteiger partial charge in [0.2, 0.25) is 5.88 Å². The van der Waals surface area contributed by atoms with Crippen LogP contribution >= 0.6 is 11.6 Å². The number of rotatable bonds is 8. The largest absolute Gasteiger partial charge is 0.478 e. The molecule has 1 N–H and O–H groups in total. The lowest BCUT2D eigenvalue weighted by molar-refractivity contribution is 0.0695. The van der Waals surface area contributed by atoms with E-state index in [4.69, 9.17) is 16.3 Å². The minimum Gasteiger partial charge on any atom is -0.478 e. The molecule has 214 valence electrons. The van der Waals surface area contributed by atoms with Crippen LogP contribution in [0, 0.1) is 13.8 Å². The molecule has 1 fully saturated rings. The normalized spacial score (nSPS) is 14.5. The van der Waals surface area contributed by atoms with Gasteiger partial charge in [-0.1, -0.05) is 35.9 Å². The van der Waals surface area contributed by atoms with Crippen LogP contribution in [0.25, 0.3) is 0 Å². The first kappa shape index (κ1) is 27.8. The number of carbonyl (C=O) groups is 2. The topological polar surface area (TPSA) is 83.0 Å². The molecule has 0 atom stereocenters. The van der Waals surface area contributed by atoms with Gasteiger partial charge >= 0.3 is 5.97 Å². The van der Waals surface area contributed by atoms with E-state index < -0.39 is 5.97 Å². The number of hydrogen-bond acceptors (Lipinski definition) is 5. The second-order valence-electron chi connectivity index (χ2n) is 11.0. The van der Waals surface area contributed by atoms with Gasteiger partial charge in [-0.15, -0.1) is 0 Å². The quantitative estimate of drug-likeness (QED) is 0.236. The van der Waals surface area contributed by atoms with E-state index in [-0.39, 0.29) is 11.8 Å². The maximum Gasteiger partial charge on any atom is 0.335 e. The molecule has 4 aromatic rings. The summed E-state index contributed by atoms with van der Waals surface area (Å²) in [5, 5.41) is 9.72. The van der Waals surface area contributed by atoms with Gasteiger partial charge in [-0.3, -0.25) is 4.79 Å². The van der Waals surface area contributed by atoms with Gasteiger partial charge < -0.3 is 19.6 Å². The molecule has 6 rings (SSSR count). The van der Waals surface area contributed by atoms with Crippen molar-refractivity contribution in [1.29, 1.82) is 0 Å². The van der Waals surface area contributed by atoms with Crippen molar-refractivity contribution in [3.8, 4) is 11.6 Å². The highest BCUT2D eigenvalue weighted by molar-refractivity contribution is 6.32. The molecule has 2 aliphatic rings. The zero-order chi connectivity index (χ0) is 29.4. The van der Waals surface area contributed by atoms with Crippen molar-refractivity contribution in [2.24, 2.45) is 0 Å². The number of amides is 1. The number of hydrogen-bond donors (Lipinski definition) is 1. The maximum absolute atomic E-state index is 13.9. The minimum atomic E-state index is -0.920. The van der Waals surface area contributed by atoms with Crippen molar-refractivity contribution in [1.82, 2.24) is 4.98 Å². The number of anilines is 2. The van der Waals surface area contributed by atoms with Crippen LogP contribution in [-0.2, 0) is 12.8 Å². The Morgan fingerprint density at radius 3 is 2.45 bits per heavy atom. The summed E-state index contributed by atoms with van der Waals surface area (Å²) in [5.74, 6) is -0.426. The van der Waals surface area contributed by atoms with Gasteiger partial charge in [0.25, 0.3) is 5.91 Å². The number of aryl methyl sites for hydroxylation is 4. The molecule has 8 heteroatoms. The summed E-state index contributed by atoms with van der Waals surface area (Å²) in [7, 11) is 0. The van der Waals surface area contributed by atoms with E-state index in [1.807, 2.05) is 61.2 Å². The smallest absolute Gasteiger partial charge is 0.335 e. The number of benzene rings is 3. The van der Waals surface area contributed by atoms with Gasteiger partial charge in [0.1, 0.15) is 11.3 Å². The highest BCUT2D eigenvalue weighted by atomic mass is 35.5. The van der Waals surface area contributed by atoms with Gasteiger partial charge in [0.05, 0.1) is 22.0 Å². The monoisotopic (exact) mass is 581 g/mol. The van der Waals surface area contributed by atoms with Crippen LogP contribution in [0.15, 0.2) is 72.9 Å². The summed E-state index contributed by atoms with van der Waals surface area (Å²) >= 11 is 6.69. The van der Waals surface area contributed by atoms with E-state index in [2.05, 4.69) is 16.0 Å². The van der Waals surface area contributed by atoms with E-state index >= 15 is 0 Å². The van der Waals surface area contributed by atoms with Gasteiger partial charge in [-0.2, -0.15) is 0 Å². The van der Waals surface area contributed by atoms with Gasteiger partial charge in [0.15, 0.2) is 0 Å². The van der Waals surface area contributed by atoms with Crippen molar-refractivity contribution < 1.29 is 19.4 Å². The molecule has 0 spiro atoms. The Balaban J connectivity index is 1.20. The number of carbonyl (C=O) groups excluding carboxylic acids is 1. The number of aromatic carboxylic acids is 1. The van der Waals surface area contributed by atoms with Crippen LogP contribution in [-0.4, -0.2) is 41.1 Å². The third-order valence-corrected chi connectivity index (χ3v) is 8.38. The van der Waals surface area contributed by atoms with Crippen LogP contribution in [0.4, 0.5) is 11.4 Å². The lowest BCUT2D eigenvalue weighted by Crippen LogP contribution is -2.45. The summed E-state index contributed by atoms with van der Waals surface area (Å²) in [4.78, 5) is 33.9. The highest BCUT2D eigenvalue weighted by Crippen LogP contribution is 2.41. The third-order valence-electron chi connectivity index (χ3n) is 8.08. The Kier molecular flexibility index (Phi) is 7.60. The molecule has 1 amide bonds. The molecule has 1 saturated carbocycles. The first-order valence-corrected chi connectivity index (χ1v) is 14.6. The number of carboxylic acids is 1. The average molecular weight is 582 g/mol. The first-order valence-electron chi connectivity index (χ1n) is 14.2. The third kappa shape index (κ3) is 5.57. The van der Waals surface area contributed by atoms with E-state index in [1.165, 1.54) is 12.8 Å². The number of ether oxygens (including phenoxy) is 1. The second kappa shape index (κ2) is 11.5. The Morgan fingerprint density at radius 1 is 0.929 bits per heavy atom. The fraction of sp³-hybridized carbons (Fsp3) is 0.265. The van der Waals surface area contributed by atoms with Crippen molar-refractivity contribution >= 4 is 34.9 Å². The summed E-state index contributed by atoms with van der Waals surface area (Å²) in [5.41, 5.74) is 6.56. The summed E-state index contributed by atoms with van der Waals surface area (Å²) in [6, 6.07) is 21.3. The van der Waals surface area contributed by atoms with Crippen LogP contribution < -0.4 is 14.5 Å². The summed E-state index contributed by atoms with van der Waals surface area (Å²) < 4.78 is 6.20. The molecule has 0 radical (unpaired) electrons. The fourth-order valence-corrected chi connectivity index (χ4v) is 5.91. The average Bonchev–Trinajstić information content (AvgIpc) is 3.83. The molecule has 1 aliphatic heterocycles. The van der Waals surface area contributed by atoms with Crippen molar-refractivity contribution in [3.05, 3.63) is 111 Å². The SMILES string of the molecule is Cc1cc(Oc2ncccc2C(=O)N2CCN(C3CC3)c3ccccc32)c(Cl)cc1CCc1ccc(C(=O)O)c(C)c1. The van der Waals surface area contributed by atoms with Crippen LogP contribution in [0.2, 0.25) is 5.02 Å². The van der Waals surface area contributed by atoms with Crippen molar-refractivity contribution in [3.63, 3.8) is 0 Å². The molecule has 1 aliphatic carbocycles. The van der Waals surface area contributed by atoms with Crippen LogP contribution in [0.5, 0.6) is 11.6 Å². The molecule has 0 bridgehead atoms. The highest BCUT2D eigenvalue weighted by Gasteiger charge is 2.36. The Labute approximate surface area is 250 Å². The Morgan fingerprint density at radius 2 is 1.71 bits per heavy atom. The van der Waals surface area contributed by atoms with Crippen LogP contribution in [0.3, 0.4) is 0 Å². The molecule has 1 aromatic heterocycles. The zero-order valence-electron chi connectivity index (χ0n) is 23.6. The predicted octanol–water partition coefficient (Wildman–Crippen LogP) is 7.26. The molecule has 0 saturated heterocycles. The molecule has 3 aromatic carbocycles. The van der Waals surface area contributed by atoms with Crippen molar-refractivity contribution in [2.75, 3.05) is 22.9 Å². The number of carboxylic acid groups (broad SMARTS) is 1. The Hall–Kier alpha value is -4.36. The number of halogens is 1. The van der Waals surface area contributed by atoms with Gasteiger partial charge in [0, 0.05) is 25.3 Å². The van der Waals surface area contributed by atoms with E-state index in [1.54, 1.807) is 24.4 Å². The molecule has 0 unspecified atom stereocenters. The zero-order valence-corrected chi connectivity index (χ0v) is 24.4. The van der Waals surface area contributed by atoms with Gasteiger partial charge in [-0.05, 0) is 104 Å². The summed E-state index contributed by atoms with van der Waals surface area (Å²) in [6.45, 7) is 5.19. The second-order valence-corrected chi connectivity index (χ2v) is 11.4. The molecular formula is C34H32ClN3O4. The molecule has 7 nitrogen and oxygen atoms in total. The van der Waals surface area contributed by atoms with E-state index in [0.29, 0.717) is 34.5 Å². The van der Waals surface area contributed by atoms with E-state index in [9.17, 15) is 14.7 Å². The van der Waals surface area contributed by atoms with Crippen molar-refractivity contribution in [2.45, 2.75) is 45.6 Å². The number of aromatic nitrogens is 1. The summed E-state index contributed by atoms with van der Waals surface area (Å²) in [6.07, 6.45) is 5.48. The lowest BCUT2D eigenvalue weighted by atomic mass is 9.98. The van der Waals surface area contributed by atoms with E-state index in [0.717, 1.165) is 53.0 Å². The number of para-hydroxylation sites is 2. The Bertz CT molecular complexity index is 1680. The van der Waals surface area contributed by atoms with Crippen LogP contribution in [0.1, 0.15) is 55.8 Å². The number of nitrogens with zero attached hydrogens (tertiary/aromatic N) is 3. The molecular weight excluding hydrogens is 550 g/mol. The number of fused-ring (bicyclic) bond motifs is 1. The predicted molar refractivity (Wildman–Crippen MR) is 165 cm³/mol. The minimum absolute atomic E-state index is 0.158. The van der Waals surface area contributed by atoms with Gasteiger partial charge in [-0.25, -0.2) is 9.78 Å². The fourth-order valence-electron chi connectivity index (χ4n) is 5.69. The molecule has 42 heavy (non-hydrogen) atoms. The first-order chi connectivity index (χ1) is 20.3. The maximum atomic E-state index is 13.9. The number of pyridine rings is 1. The lowest BCUT2D eigenvalue weighted by Gasteiger charge is -2.38. The molecule has 2 heterocycles.